The van der Waals surface area contributed by atoms with Crippen LogP contribution in [0, 0.1) is 5.92 Å². The number of carbonyl (C=O) groups excluding carboxylic acids is 1. The van der Waals surface area contributed by atoms with Crippen LogP contribution in [0.5, 0.6) is 0 Å². The van der Waals surface area contributed by atoms with Crippen molar-refractivity contribution in [1.29, 1.82) is 0 Å². The zero-order valence-corrected chi connectivity index (χ0v) is 11.8. The van der Waals surface area contributed by atoms with E-state index in [4.69, 9.17) is 0 Å². The maximum absolute atomic E-state index is 12.0. The molecule has 0 aliphatic heterocycles. The van der Waals surface area contributed by atoms with E-state index in [1.807, 2.05) is 23.0 Å². The SMILES string of the molecule is O=C(NCc1cn(-c2ccsc2)nn1)C1CC=CCC1. The predicted octanol–water partition coefficient (Wildman–Crippen LogP) is 2.30. The summed E-state index contributed by atoms with van der Waals surface area (Å²) >= 11 is 1.62. The van der Waals surface area contributed by atoms with Gasteiger partial charge in [-0.15, -0.1) is 5.10 Å². The summed E-state index contributed by atoms with van der Waals surface area (Å²) < 4.78 is 1.72. The van der Waals surface area contributed by atoms with E-state index < -0.39 is 0 Å². The van der Waals surface area contributed by atoms with Crippen LogP contribution in [0.25, 0.3) is 5.69 Å². The average molecular weight is 288 g/mol. The first-order valence-electron chi connectivity index (χ1n) is 6.69. The van der Waals surface area contributed by atoms with Crippen LogP contribution in [-0.4, -0.2) is 20.9 Å². The van der Waals surface area contributed by atoms with Gasteiger partial charge in [-0.1, -0.05) is 17.4 Å². The standard InChI is InChI=1S/C14H16N4OS/c19-14(11-4-2-1-3-5-11)15-8-12-9-18(17-16-12)13-6-7-20-10-13/h1-2,6-7,9-11H,3-5,8H2,(H,15,19). The molecule has 0 fully saturated rings. The Kier molecular flexibility index (Phi) is 3.92. The number of allylic oxidation sites excluding steroid dienone is 2. The van der Waals surface area contributed by atoms with E-state index in [9.17, 15) is 4.79 Å². The van der Waals surface area contributed by atoms with Crippen molar-refractivity contribution in [2.75, 3.05) is 0 Å². The molecule has 5 nitrogen and oxygen atoms in total. The highest BCUT2D eigenvalue weighted by molar-refractivity contribution is 7.08. The zero-order chi connectivity index (χ0) is 13.8. The molecule has 0 saturated carbocycles. The Morgan fingerprint density at radius 3 is 3.20 bits per heavy atom. The molecule has 1 atom stereocenters. The summed E-state index contributed by atoms with van der Waals surface area (Å²) in [6.45, 7) is 0.434. The quantitative estimate of drug-likeness (QED) is 0.878. The Morgan fingerprint density at radius 2 is 2.45 bits per heavy atom. The van der Waals surface area contributed by atoms with Crippen LogP contribution in [-0.2, 0) is 11.3 Å². The lowest BCUT2D eigenvalue weighted by molar-refractivity contribution is -0.125. The highest BCUT2D eigenvalue weighted by Crippen LogP contribution is 2.18. The molecule has 2 heterocycles. The maximum atomic E-state index is 12.0. The molecule has 0 aromatic carbocycles. The first kappa shape index (κ1) is 13.1. The molecule has 1 aliphatic rings. The fourth-order valence-corrected chi connectivity index (χ4v) is 2.87. The molecular weight excluding hydrogens is 272 g/mol. The molecule has 20 heavy (non-hydrogen) atoms. The molecule has 0 bridgehead atoms. The fraction of sp³-hybridized carbons (Fsp3) is 0.357. The van der Waals surface area contributed by atoms with Crippen molar-refractivity contribution >= 4 is 17.2 Å². The van der Waals surface area contributed by atoms with Crippen LogP contribution in [0.1, 0.15) is 25.0 Å². The van der Waals surface area contributed by atoms with E-state index in [2.05, 4.69) is 27.8 Å². The van der Waals surface area contributed by atoms with E-state index in [1.165, 1.54) is 0 Å². The largest absolute Gasteiger partial charge is 0.350 e. The lowest BCUT2D eigenvalue weighted by atomic mass is 9.94. The predicted molar refractivity (Wildman–Crippen MR) is 77.6 cm³/mol. The minimum absolute atomic E-state index is 0.104. The Bertz CT molecular complexity index is 602. The molecule has 0 saturated heterocycles. The fourth-order valence-electron chi connectivity index (χ4n) is 2.25. The minimum atomic E-state index is 0.104. The van der Waals surface area contributed by atoms with Gasteiger partial charge in [0.2, 0.25) is 5.91 Å². The number of hydrogen-bond donors (Lipinski definition) is 1. The summed E-state index contributed by atoms with van der Waals surface area (Å²) in [5.41, 5.74) is 1.77. The van der Waals surface area contributed by atoms with E-state index in [0.29, 0.717) is 6.54 Å². The normalized spacial score (nSPS) is 18.1. The van der Waals surface area contributed by atoms with Gasteiger partial charge in [-0.25, -0.2) is 4.68 Å². The topological polar surface area (TPSA) is 59.8 Å². The second-order valence-corrected chi connectivity index (χ2v) is 5.62. The smallest absolute Gasteiger partial charge is 0.223 e. The van der Waals surface area contributed by atoms with Gasteiger partial charge < -0.3 is 5.32 Å². The second-order valence-electron chi connectivity index (χ2n) is 4.84. The van der Waals surface area contributed by atoms with Crippen LogP contribution < -0.4 is 5.32 Å². The number of aromatic nitrogens is 3. The Labute approximate surface area is 121 Å². The van der Waals surface area contributed by atoms with Gasteiger partial charge in [0.15, 0.2) is 0 Å². The van der Waals surface area contributed by atoms with Crippen molar-refractivity contribution in [3.63, 3.8) is 0 Å². The lowest BCUT2D eigenvalue weighted by Gasteiger charge is -2.16. The first-order valence-corrected chi connectivity index (χ1v) is 7.64. The van der Waals surface area contributed by atoms with Gasteiger partial charge >= 0.3 is 0 Å². The van der Waals surface area contributed by atoms with Crippen molar-refractivity contribution < 1.29 is 4.79 Å². The number of carbonyl (C=O) groups is 1. The number of rotatable bonds is 4. The Hall–Kier alpha value is -1.95. The van der Waals surface area contributed by atoms with Crippen molar-refractivity contribution in [2.24, 2.45) is 5.92 Å². The van der Waals surface area contributed by atoms with Crippen LogP contribution in [0.4, 0.5) is 0 Å². The van der Waals surface area contributed by atoms with Gasteiger partial charge in [0.1, 0.15) is 5.69 Å². The summed E-state index contributed by atoms with van der Waals surface area (Å²) in [6, 6.07) is 1.98. The van der Waals surface area contributed by atoms with Crippen molar-refractivity contribution in [2.45, 2.75) is 25.8 Å². The molecule has 1 aliphatic carbocycles. The number of amides is 1. The molecule has 104 valence electrons. The number of hydrogen-bond acceptors (Lipinski definition) is 4. The maximum Gasteiger partial charge on any atom is 0.223 e. The van der Waals surface area contributed by atoms with Gasteiger partial charge in [0, 0.05) is 11.3 Å². The Balaban J connectivity index is 1.56. The van der Waals surface area contributed by atoms with Crippen LogP contribution >= 0.6 is 11.3 Å². The summed E-state index contributed by atoms with van der Waals surface area (Å²) in [4.78, 5) is 12.0. The molecule has 2 aromatic rings. The molecule has 0 spiro atoms. The molecular formula is C14H16N4OS. The van der Waals surface area contributed by atoms with Crippen molar-refractivity contribution in [3.8, 4) is 5.69 Å². The van der Waals surface area contributed by atoms with Crippen LogP contribution in [0.3, 0.4) is 0 Å². The third-order valence-electron chi connectivity index (χ3n) is 3.40. The molecule has 0 radical (unpaired) electrons. The molecule has 3 rings (SSSR count). The van der Waals surface area contributed by atoms with Gasteiger partial charge in [-0.05, 0) is 30.7 Å². The van der Waals surface area contributed by atoms with E-state index in [1.54, 1.807) is 16.0 Å². The zero-order valence-electron chi connectivity index (χ0n) is 11.0. The first-order chi connectivity index (χ1) is 9.83. The van der Waals surface area contributed by atoms with Crippen molar-refractivity contribution in [3.05, 3.63) is 40.9 Å². The number of thiophene rings is 1. The molecule has 1 N–H and O–H groups in total. The summed E-state index contributed by atoms with van der Waals surface area (Å²) in [6.07, 6.45) is 8.84. The third kappa shape index (κ3) is 2.96. The summed E-state index contributed by atoms with van der Waals surface area (Å²) in [5, 5.41) is 15.1. The van der Waals surface area contributed by atoms with Gasteiger partial charge in [-0.2, -0.15) is 11.3 Å². The van der Waals surface area contributed by atoms with E-state index >= 15 is 0 Å². The van der Waals surface area contributed by atoms with Gasteiger partial charge in [-0.3, -0.25) is 4.79 Å². The molecule has 1 amide bonds. The highest BCUT2D eigenvalue weighted by Gasteiger charge is 2.18. The second kappa shape index (κ2) is 6.00. The lowest BCUT2D eigenvalue weighted by Crippen LogP contribution is -2.30. The van der Waals surface area contributed by atoms with Crippen LogP contribution in [0.2, 0.25) is 0 Å². The van der Waals surface area contributed by atoms with Crippen molar-refractivity contribution in [1.82, 2.24) is 20.3 Å². The molecule has 6 heteroatoms. The minimum Gasteiger partial charge on any atom is -0.350 e. The van der Waals surface area contributed by atoms with E-state index in [0.717, 1.165) is 30.6 Å². The monoisotopic (exact) mass is 288 g/mol. The summed E-state index contributed by atoms with van der Waals surface area (Å²) in [5.74, 6) is 0.214. The third-order valence-corrected chi connectivity index (χ3v) is 4.07. The number of nitrogens with zero attached hydrogens (tertiary/aromatic N) is 3. The van der Waals surface area contributed by atoms with Gasteiger partial charge in [0.05, 0.1) is 18.4 Å². The Morgan fingerprint density at radius 1 is 1.50 bits per heavy atom. The van der Waals surface area contributed by atoms with E-state index in [-0.39, 0.29) is 11.8 Å². The molecule has 1 unspecified atom stereocenters. The average Bonchev–Trinajstić information content (AvgIpc) is 3.16. The van der Waals surface area contributed by atoms with Gasteiger partial charge in [0.25, 0.3) is 0 Å². The van der Waals surface area contributed by atoms with Crippen LogP contribution in [0.15, 0.2) is 35.2 Å². The summed E-state index contributed by atoms with van der Waals surface area (Å²) in [7, 11) is 0. The highest BCUT2D eigenvalue weighted by atomic mass is 32.1. The number of nitrogens with one attached hydrogen (secondary N) is 1. The molecule has 2 aromatic heterocycles.